The summed E-state index contributed by atoms with van der Waals surface area (Å²) in [5.41, 5.74) is 5.35. The topological polar surface area (TPSA) is 95.7 Å². The van der Waals surface area contributed by atoms with Crippen LogP contribution in [0.3, 0.4) is 0 Å². The van der Waals surface area contributed by atoms with Gasteiger partial charge in [0.15, 0.2) is 0 Å². The van der Waals surface area contributed by atoms with Crippen molar-refractivity contribution in [3.63, 3.8) is 0 Å². The second-order valence-corrected chi connectivity index (χ2v) is 7.26. The van der Waals surface area contributed by atoms with E-state index in [-0.39, 0.29) is 17.1 Å². The molecule has 0 amide bonds. The smallest absolute Gasteiger partial charge is 0.242 e. The minimum absolute atomic E-state index is 0.0700. The van der Waals surface area contributed by atoms with Gasteiger partial charge in [0.1, 0.15) is 4.90 Å². The number of benzene rings is 1. The number of nitrogens with one attached hydrogen (secondary N) is 1. The van der Waals surface area contributed by atoms with Crippen LogP contribution in [0.5, 0.6) is 0 Å². The third kappa shape index (κ3) is 4.45. The number of sulfonamides is 1. The first kappa shape index (κ1) is 16.9. The first-order valence-electron chi connectivity index (χ1n) is 6.27. The summed E-state index contributed by atoms with van der Waals surface area (Å²) < 4.78 is 27.0. The van der Waals surface area contributed by atoms with Gasteiger partial charge in [0, 0.05) is 13.1 Å². The van der Waals surface area contributed by atoms with Crippen LogP contribution >= 0.6 is 0 Å². The number of aryl methyl sites for hydroxylation is 1. The number of nitrogens with two attached hydrogens (primary N) is 1. The molecule has 4 N–H and O–H groups in total. The Morgan fingerprint density at radius 3 is 2.50 bits per heavy atom. The summed E-state index contributed by atoms with van der Waals surface area (Å²) in [4.78, 5) is 1.86. The molecule has 1 aromatic carbocycles. The van der Waals surface area contributed by atoms with Crippen molar-refractivity contribution in [2.24, 2.45) is 0 Å². The molecule has 1 rings (SSSR count). The second kappa shape index (κ2) is 6.09. The number of aliphatic hydroxyl groups is 1. The molecule has 0 saturated carbocycles. The zero-order chi connectivity index (χ0) is 15.6. The molecular weight excluding hydrogens is 278 g/mol. The highest BCUT2D eigenvalue weighted by molar-refractivity contribution is 7.89. The number of likely N-dealkylation sites (N-methyl/N-ethyl adjacent to an activating group) is 1. The summed E-state index contributed by atoms with van der Waals surface area (Å²) in [6.07, 6.45) is 0. The SMILES string of the molecule is Cc1cccc(N)c1S(=O)(=O)NCC(C)(O)CN(C)C. The number of anilines is 1. The maximum absolute atomic E-state index is 12.3. The molecule has 114 valence electrons. The standard InChI is InChI=1S/C13H23N3O3S/c1-10-6-5-7-11(14)12(10)20(18,19)15-8-13(2,17)9-16(3)4/h5-7,15,17H,8-9,14H2,1-4H3. The Morgan fingerprint density at radius 2 is 2.00 bits per heavy atom. The van der Waals surface area contributed by atoms with Crippen LogP contribution in [-0.2, 0) is 10.0 Å². The molecule has 6 nitrogen and oxygen atoms in total. The molecule has 0 heterocycles. The first-order chi connectivity index (χ1) is 9.05. The lowest BCUT2D eigenvalue weighted by Crippen LogP contribution is -2.47. The third-order valence-corrected chi connectivity index (χ3v) is 4.43. The highest BCUT2D eigenvalue weighted by Crippen LogP contribution is 2.22. The van der Waals surface area contributed by atoms with Gasteiger partial charge in [0.25, 0.3) is 0 Å². The van der Waals surface area contributed by atoms with E-state index in [0.717, 1.165) is 0 Å². The van der Waals surface area contributed by atoms with Crippen molar-refractivity contribution in [3.8, 4) is 0 Å². The van der Waals surface area contributed by atoms with E-state index < -0.39 is 15.6 Å². The molecule has 0 aliphatic carbocycles. The van der Waals surface area contributed by atoms with Crippen molar-refractivity contribution in [1.82, 2.24) is 9.62 Å². The predicted octanol–water partition coefficient (Wildman–Crippen LogP) is 0.168. The first-order valence-corrected chi connectivity index (χ1v) is 7.75. The van der Waals surface area contributed by atoms with Crippen molar-refractivity contribution in [3.05, 3.63) is 23.8 Å². The van der Waals surface area contributed by atoms with Gasteiger partial charge in [-0.25, -0.2) is 13.1 Å². The highest BCUT2D eigenvalue weighted by atomic mass is 32.2. The van der Waals surface area contributed by atoms with Gasteiger partial charge in [-0.2, -0.15) is 0 Å². The van der Waals surface area contributed by atoms with Crippen LogP contribution in [-0.4, -0.2) is 51.2 Å². The molecule has 0 bridgehead atoms. The van der Waals surface area contributed by atoms with E-state index in [0.29, 0.717) is 12.1 Å². The predicted molar refractivity (Wildman–Crippen MR) is 80.0 cm³/mol. The molecule has 0 saturated heterocycles. The molecule has 0 aliphatic heterocycles. The van der Waals surface area contributed by atoms with E-state index in [1.54, 1.807) is 36.9 Å². The van der Waals surface area contributed by atoms with Crippen molar-refractivity contribution < 1.29 is 13.5 Å². The molecular formula is C13H23N3O3S. The molecule has 7 heteroatoms. The molecule has 0 aromatic heterocycles. The number of hydrogen-bond acceptors (Lipinski definition) is 5. The fourth-order valence-corrected chi connectivity index (χ4v) is 3.62. The van der Waals surface area contributed by atoms with Gasteiger partial charge in [-0.05, 0) is 39.6 Å². The van der Waals surface area contributed by atoms with E-state index in [1.807, 2.05) is 14.1 Å². The lowest BCUT2D eigenvalue weighted by atomic mass is 10.1. The molecule has 0 spiro atoms. The number of nitrogen functional groups attached to an aromatic ring is 1. The Kier molecular flexibility index (Phi) is 5.15. The van der Waals surface area contributed by atoms with Crippen LogP contribution in [0.4, 0.5) is 5.69 Å². The van der Waals surface area contributed by atoms with Crippen molar-refractivity contribution in [2.75, 3.05) is 32.9 Å². The fourth-order valence-electron chi connectivity index (χ4n) is 2.10. The molecule has 0 aliphatic rings. The van der Waals surface area contributed by atoms with Gasteiger partial charge in [-0.15, -0.1) is 0 Å². The normalized spacial score (nSPS) is 15.3. The van der Waals surface area contributed by atoms with Gasteiger partial charge in [-0.3, -0.25) is 0 Å². The molecule has 1 aromatic rings. The lowest BCUT2D eigenvalue weighted by molar-refractivity contribution is 0.0386. The van der Waals surface area contributed by atoms with Crippen molar-refractivity contribution >= 4 is 15.7 Å². The van der Waals surface area contributed by atoms with Crippen LogP contribution in [0.1, 0.15) is 12.5 Å². The number of nitrogens with zero attached hydrogens (tertiary/aromatic N) is 1. The molecule has 20 heavy (non-hydrogen) atoms. The number of rotatable bonds is 6. The quantitative estimate of drug-likeness (QED) is 0.651. The molecule has 0 radical (unpaired) electrons. The molecule has 1 atom stereocenters. The van der Waals surface area contributed by atoms with Crippen molar-refractivity contribution in [1.29, 1.82) is 0 Å². The van der Waals surface area contributed by atoms with Crippen LogP contribution in [0.2, 0.25) is 0 Å². The van der Waals surface area contributed by atoms with Gasteiger partial charge in [-0.1, -0.05) is 12.1 Å². The highest BCUT2D eigenvalue weighted by Gasteiger charge is 2.26. The van der Waals surface area contributed by atoms with Gasteiger partial charge in [0.05, 0.1) is 11.3 Å². The minimum atomic E-state index is -3.74. The van der Waals surface area contributed by atoms with Gasteiger partial charge < -0.3 is 15.7 Å². The minimum Gasteiger partial charge on any atom is -0.398 e. The maximum atomic E-state index is 12.3. The molecule has 1 unspecified atom stereocenters. The average Bonchev–Trinajstić information content (AvgIpc) is 2.24. The van der Waals surface area contributed by atoms with Gasteiger partial charge in [0.2, 0.25) is 10.0 Å². The van der Waals surface area contributed by atoms with Crippen LogP contribution in [0.15, 0.2) is 23.1 Å². The lowest BCUT2D eigenvalue weighted by Gasteiger charge is -2.27. The largest absolute Gasteiger partial charge is 0.398 e. The maximum Gasteiger partial charge on any atom is 0.242 e. The van der Waals surface area contributed by atoms with E-state index in [1.165, 1.54) is 0 Å². The van der Waals surface area contributed by atoms with E-state index in [2.05, 4.69) is 4.72 Å². The Morgan fingerprint density at radius 1 is 1.40 bits per heavy atom. The number of hydrogen-bond donors (Lipinski definition) is 3. The summed E-state index contributed by atoms with van der Waals surface area (Å²) in [6, 6.07) is 4.92. The zero-order valence-corrected chi connectivity index (χ0v) is 13.2. The van der Waals surface area contributed by atoms with Gasteiger partial charge >= 0.3 is 0 Å². The van der Waals surface area contributed by atoms with E-state index >= 15 is 0 Å². The zero-order valence-electron chi connectivity index (χ0n) is 12.3. The summed E-state index contributed by atoms with van der Waals surface area (Å²) in [5.74, 6) is 0. The molecule has 0 fully saturated rings. The van der Waals surface area contributed by atoms with Crippen molar-refractivity contribution in [2.45, 2.75) is 24.3 Å². The fraction of sp³-hybridized carbons (Fsp3) is 0.538. The Bertz CT molecular complexity index is 548. The van der Waals surface area contributed by atoms with Crippen LogP contribution < -0.4 is 10.5 Å². The Labute approximate surface area is 120 Å². The second-order valence-electron chi connectivity index (χ2n) is 5.55. The summed E-state index contributed by atoms with van der Waals surface area (Å²) >= 11 is 0. The summed E-state index contributed by atoms with van der Waals surface area (Å²) in [7, 11) is -0.128. The van der Waals surface area contributed by atoms with Crippen LogP contribution in [0, 0.1) is 6.92 Å². The monoisotopic (exact) mass is 301 g/mol. The van der Waals surface area contributed by atoms with E-state index in [4.69, 9.17) is 5.73 Å². The summed E-state index contributed by atoms with van der Waals surface area (Å²) in [5, 5.41) is 10.1. The average molecular weight is 301 g/mol. The third-order valence-electron chi connectivity index (χ3n) is 2.81. The van der Waals surface area contributed by atoms with E-state index in [9.17, 15) is 13.5 Å². The summed E-state index contributed by atoms with van der Waals surface area (Å²) in [6.45, 7) is 3.53. The van der Waals surface area contributed by atoms with Crippen LogP contribution in [0.25, 0.3) is 0 Å². The Hall–Kier alpha value is -1.15. The Balaban J connectivity index is 2.92.